The number of nitrogens with zero attached hydrogens (tertiary/aromatic N) is 5. The number of carbonyl (C=O) groups is 1. The number of ether oxygens (including phenoxy) is 1. The number of terminal acetylenes is 1. The van der Waals surface area contributed by atoms with Crippen molar-refractivity contribution in [3.8, 4) is 35.2 Å². The second kappa shape index (κ2) is 11.8. The van der Waals surface area contributed by atoms with Crippen molar-refractivity contribution in [1.29, 1.82) is 0 Å². The van der Waals surface area contributed by atoms with Gasteiger partial charge in [0.15, 0.2) is 5.82 Å². The predicted molar refractivity (Wildman–Crippen MR) is 187 cm³/mol. The molecule has 11 heteroatoms. The average Bonchev–Trinajstić information content (AvgIpc) is 3.79. The number of hydrogen-bond acceptors (Lipinski definition) is 8. The van der Waals surface area contributed by atoms with Crippen LogP contribution in [0.3, 0.4) is 0 Å². The molecule has 6 heterocycles. The van der Waals surface area contributed by atoms with Crippen molar-refractivity contribution in [2.24, 2.45) is 5.41 Å². The monoisotopic (exact) mass is 678 g/mol. The quantitative estimate of drug-likeness (QED) is 0.258. The van der Waals surface area contributed by atoms with E-state index in [-0.39, 0.29) is 63.2 Å². The number of fused-ring (bicyclic) bond motifs is 7. The van der Waals surface area contributed by atoms with Crippen LogP contribution in [-0.2, 0) is 4.79 Å². The van der Waals surface area contributed by atoms with Gasteiger partial charge in [0, 0.05) is 91.1 Å². The largest absolute Gasteiger partial charge is 0.508 e. The fourth-order valence-corrected chi connectivity index (χ4v) is 9.08. The molecular weight excluding hydrogens is 638 g/mol. The van der Waals surface area contributed by atoms with Crippen molar-refractivity contribution in [1.82, 2.24) is 25.1 Å². The molecule has 0 spiro atoms. The molecule has 4 unspecified atom stereocenters. The number of halogens is 2. The summed E-state index contributed by atoms with van der Waals surface area (Å²) in [6.45, 7) is 5.88. The number of rotatable bonds is 7. The van der Waals surface area contributed by atoms with E-state index in [1.807, 2.05) is 4.90 Å². The number of piperidine rings is 2. The van der Waals surface area contributed by atoms with Gasteiger partial charge >= 0.3 is 6.01 Å². The highest BCUT2D eigenvalue weighted by Crippen LogP contribution is 2.48. The molecule has 1 aromatic heterocycles. The third kappa shape index (κ3) is 5.31. The lowest BCUT2D eigenvalue weighted by atomic mass is 9.89. The lowest BCUT2D eigenvalue weighted by Gasteiger charge is -2.52. The van der Waals surface area contributed by atoms with Crippen LogP contribution in [0.5, 0.6) is 11.8 Å². The van der Waals surface area contributed by atoms with Crippen LogP contribution < -0.4 is 15.0 Å². The van der Waals surface area contributed by atoms with Gasteiger partial charge in [0.25, 0.3) is 0 Å². The first-order valence-electron chi connectivity index (χ1n) is 17.8. The summed E-state index contributed by atoms with van der Waals surface area (Å²) in [5.74, 6) is 1.46. The fraction of sp³-hybridized carbons (Fsp3) is 0.462. The number of hydrogen-bond donors (Lipinski definition) is 2. The molecule has 5 aliphatic heterocycles. The van der Waals surface area contributed by atoms with Gasteiger partial charge in [-0.05, 0) is 68.2 Å². The van der Waals surface area contributed by atoms with E-state index in [9.17, 15) is 9.90 Å². The number of aromatic hydroxyl groups is 1. The van der Waals surface area contributed by atoms with Crippen LogP contribution in [0.1, 0.15) is 51.0 Å². The van der Waals surface area contributed by atoms with Gasteiger partial charge in [0.2, 0.25) is 5.91 Å². The molecule has 0 radical (unpaired) electrons. The smallest absolute Gasteiger partial charge is 0.319 e. The maximum atomic E-state index is 17.0. The van der Waals surface area contributed by atoms with E-state index < -0.39 is 11.6 Å². The Kier molecular flexibility index (Phi) is 7.41. The standard InChI is InChI=1S/C39H40F2N6O3/c1-3-23-5-4-6-24-13-29(49)14-30(33(23)24)34-32(40)15-31-36(35(34)41)43-38(44-37(31)45-16-25-7-8-26(17-45)42-25)50-21-39(11-12-39)20-46-18-28-10-9-27(46)19-47(28)22(2)48/h1,4-6,13-15,25-28,42,49H,7-12,16-21H2,2H3. The zero-order chi connectivity index (χ0) is 34.3. The minimum Gasteiger partial charge on any atom is -0.508 e. The van der Waals surface area contributed by atoms with Crippen molar-refractivity contribution in [2.45, 2.75) is 69.6 Å². The molecule has 4 aromatic rings. The Balaban J connectivity index is 1.09. The van der Waals surface area contributed by atoms with Gasteiger partial charge in [0.05, 0.1) is 12.2 Å². The van der Waals surface area contributed by atoms with Crippen LogP contribution in [0.15, 0.2) is 36.4 Å². The maximum absolute atomic E-state index is 17.0. The number of phenols is 1. The molecule has 1 aliphatic carbocycles. The lowest BCUT2D eigenvalue weighted by molar-refractivity contribution is -0.140. The minimum absolute atomic E-state index is 0.0375. The van der Waals surface area contributed by atoms with Crippen molar-refractivity contribution in [3.05, 3.63) is 53.6 Å². The summed E-state index contributed by atoms with van der Waals surface area (Å²) < 4.78 is 39.7. The van der Waals surface area contributed by atoms with E-state index in [0.717, 1.165) is 58.2 Å². The molecule has 10 rings (SSSR count). The Morgan fingerprint density at radius 3 is 2.54 bits per heavy atom. The Morgan fingerprint density at radius 2 is 1.84 bits per heavy atom. The van der Waals surface area contributed by atoms with Crippen molar-refractivity contribution >= 4 is 33.4 Å². The summed E-state index contributed by atoms with van der Waals surface area (Å²) >= 11 is 0. The highest BCUT2D eigenvalue weighted by Gasteiger charge is 2.49. The molecule has 1 saturated carbocycles. The molecular formula is C39H40F2N6O3. The summed E-state index contributed by atoms with van der Waals surface area (Å²) in [7, 11) is 0. The maximum Gasteiger partial charge on any atom is 0.319 e. The molecule has 4 bridgehead atoms. The van der Waals surface area contributed by atoms with Crippen molar-refractivity contribution in [2.75, 3.05) is 44.2 Å². The van der Waals surface area contributed by atoms with Crippen LogP contribution in [-0.4, -0.2) is 94.3 Å². The fourth-order valence-electron chi connectivity index (χ4n) is 9.08. The molecule has 9 nitrogen and oxygen atoms in total. The highest BCUT2D eigenvalue weighted by atomic mass is 19.1. The Bertz CT molecular complexity index is 2080. The van der Waals surface area contributed by atoms with Crippen LogP contribution in [0.2, 0.25) is 0 Å². The SMILES string of the molecule is C#Cc1cccc2cc(O)cc(-c3c(F)cc4c(N5CC6CCC(C5)N6)nc(OCC5(CN6CC7CCC6CN7C(C)=O)CC5)nc4c3F)c12. The molecule has 258 valence electrons. The number of nitrogens with one attached hydrogen (secondary N) is 1. The number of amides is 1. The number of carbonyl (C=O) groups excluding carboxylic acids is 1. The number of anilines is 1. The normalized spacial score (nSPS) is 25.3. The average molecular weight is 679 g/mol. The van der Waals surface area contributed by atoms with Gasteiger partial charge in [-0.2, -0.15) is 9.97 Å². The molecule has 5 saturated heterocycles. The third-order valence-electron chi connectivity index (χ3n) is 11.8. The predicted octanol–water partition coefficient (Wildman–Crippen LogP) is 5.21. The van der Waals surface area contributed by atoms with Crippen LogP contribution >= 0.6 is 0 Å². The molecule has 6 fully saturated rings. The zero-order valence-electron chi connectivity index (χ0n) is 28.1. The summed E-state index contributed by atoms with van der Waals surface area (Å²) in [6.07, 6.45) is 12.0. The second-order valence-electron chi connectivity index (χ2n) is 15.1. The molecule has 50 heavy (non-hydrogen) atoms. The van der Waals surface area contributed by atoms with E-state index >= 15 is 8.78 Å². The first-order chi connectivity index (χ1) is 24.2. The number of piperazine rings is 2. The van der Waals surface area contributed by atoms with Crippen molar-refractivity contribution in [3.63, 3.8) is 0 Å². The first kappa shape index (κ1) is 31.5. The van der Waals surface area contributed by atoms with Crippen LogP contribution in [0, 0.1) is 29.4 Å². The molecule has 2 N–H and O–H groups in total. The van der Waals surface area contributed by atoms with E-state index in [1.165, 1.54) is 18.2 Å². The summed E-state index contributed by atoms with van der Waals surface area (Å²) in [5, 5.41) is 15.6. The number of phenolic OH excluding ortho intramolecular Hbond substituents is 1. The van der Waals surface area contributed by atoms with Crippen LogP contribution in [0.25, 0.3) is 32.8 Å². The highest BCUT2D eigenvalue weighted by molar-refractivity contribution is 6.04. The van der Waals surface area contributed by atoms with Gasteiger partial charge in [-0.1, -0.05) is 18.1 Å². The van der Waals surface area contributed by atoms with E-state index in [1.54, 1.807) is 25.1 Å². The van der Waals surface area contributed by atoms with Gasteiger partial charge in [-0.25, -0.2) is 8.78 Å². The first-order valence-corrected chi connectivity index (χ1v) is 17.8. The Labute approximate surface area is 289 Å². The minimum atomic E-state index is -0.856. The summed E-state index contributed by atoms with van der Waals surface area (Å²) in [4.78, 5) is 28.3. The zero-order valence-corrected chi connectivity index (χ0v) is 28.1. The summed E-state index contributed by atoms with van der Waals surface area (Å²) in [5.41, 5.74) is 0.208. The van der Waals surface area contributed by atoms with Crippen molar-refractivity contribution < 1.29 is 23.4 Å². The van der Waals surface area contributed by atoms with Crippen LogP contribution in [0.4, 0.5) is 14.6 Å². The van der Waals surface area contributed by atoms with E-state index in [0.29, 0.717) is 47.9 Å². The van der Waals surface area contributed by atoms with Gasteiger partial charge in [-0.15, -0.1) is 6.42 Å². The number of benzene rings is 3. The molecule has 4 atom stereocenters. The molecule has 1 amide bonds. The third-order valence-corrected chi connectivity index (χ3v) is 11.8. The van der Waals surface area contributed by atoms with Gasteiger partial charge in [0.1, 0.15) is 22.9 Å². The van der Waals surface area contributed by atoms with E-state index in [4.69, 9.17) is 16.1 Å². The lowest BCUT2D eigenvalue weighted by Crippen LogP contribution is -2.64. The molecule has 3 aromatic carbocycles. The van der Waals surface area contributed by atoms with E-state index in [2.05, 4.69) is 26.0 Å². The topological polar surface area (TPSA) is 94.1 Å². The number of aromatic nitrogens is 2. The summed E-state index contributed by atoms with van der Waals surface area (Å²) in [6, 6.07) is 10.6. The molecule has 6 aliphatic rings. The Morgan fingerprint density at radius 1 is 1.06 bits per heavy atom. The Hall–Kier alpha value is -4.53. The van der Waals surface area contributed by atoms with Gasteiger partial charge < -0.3 is 25.0 Å². The second-order valence-corrected chi connectivity index (χ2v) is 15.1. The van der Waals surface area contributed by atoms with Gasteiger partial charge in [-0.3, -0.25) is 9.69 Å².